The number of aromatic nitrogens is 2. The Morgan fingerprint density at radius 1 is 1.30 bits per heavy atom. The Bertz CT molecular complexity index is 1010. The predicted octanol–water partition coefficient (Wildman–Crippen LogP) is 3.93. The van der Waals surface area contributed by atoms with E-state index in [-0.39, 0.29) is 20.6 Å². The van der Waals surface area contributed by atoms with E-state index in [1.807, 2.05) is 6.07 Å². The van der Waals surface area contributed by atoms with Crippen LogP contribution in [-0.2, 0) is 0 Å². The van der Waals surface area contributed by atoms with E-state index in [1.165, 1.54) is 6.20 Å². The minimum absolute atomic E-state index is 0.0154. The summed E-state index contributed by atoms with van der Waals surface area (Å²) in [5, 5.41) is 9.52. The Morgan fingerprint density at radius 3 is 2.78 bits per heavy atom. The fourth-order valence-electron chi connectivity index (χ4n) is 1.93. The molecule has 0 saturated carbocycles. The van der Waals surface area contributed by atoms with Gasteiger partial charge in [-0.3, -0.25) is 9.20 Å². The number of benzene rings is 1. The van der Waals surface area contributed by atoms with Gasteiger partial charge in [0.1, 0.15) is 9.90 Å². The van der Waals surface area contributed by atoms with Gasteiger partial charge in [-0.25, -0.2) is 9.78 Å². The number of aromatic carboxylic acids is 1. The van der Waals surface area contributed by atoms with Crippen molar-refractivity contribution >= 4 is 57.6 Å². The maximum atomic E-state index is 12.2. The Kier molecular flexibility index (Phi) is 4.21. The number of carbonyl (C=O) groups is 1. The average molecular weight is 367 g/mol. The lowest BCUT2D eigenvalue weighted by atomic mass is 10.2. The summed E-state index contributed by atoms with van der Waals surface area (Å²) in [5.74, 6) is -1.12. The van der Waals surface area contributed by atoms with Gasteiger partial charge in [0.25, 0.3) is 5.56 Å². The molecule has 2 aromatic heterocycles. The van der Waals surface area contributed by atoms with Crippen molar-refractivity contribution in [3.05, 3.63) is 67.0 Å². The molecule has 0 bridgehead atoms. The third-order valence-electron chi connectivity index (χ3n) is 2.99. The standard InChI is InChI=1S/C15H8Cl2N2O3S/c16-9-3-1-2-8(6-9)4-5-10-12(17)13(20)19-7-11(14(21)22)23-15(19)18-10/h1-7H,(H,21,22)/b5-4+. The van der Waals surface area contributed by atoms with Crippen molar-refractivity contribution < 1.29 is 9.90 Å². The van der Waals surface area contributed by atoms with E-state index in [2.05, 4.69) is 4.98 Å². The summed E-state index contributed by atoms with van der Waals surface area (Å²) in [6.07, 6.45) is 4.53. The highest BCUT2D eigenvalue weighted by molar-refractivity contribution is 7.18. The molecule has 0 spiro atoms. The predicted molar refractivity (Wildman–Crippen MR) is 91.7 cm³/mol. The first-order valence-electron chi connectivity index (χ1n) is 6.34. The SMILES string of the molecule is O=C(O)c1cn2c(=O)c(Cl)c(/C=C/c3cccc(Cl)c3)nc2s1. The van der Waals surface area contributed by atoms with Gasteiger partial charge in [0.05, 0.1) is 5.69 Å². The van der Waals surface area contributed by atoms with Crippen LogP contribution in [0, 0.1) is 0 Å². The van der Waals surface area contributed by atoms with Crippen molar-refractivity contribution in [3.8, 4) is 0 Å². The van der Waals surface area contributed by atoms with Crippen LogP contribution < -0.4 is 5.56 Å². The van der Waals surface area contributed by atoms with Crippen LogP contribution in [0.3, 0.4) is 0 Å². The van der Waals surface area contributed by atoms with E-state index in [0.717, 1.165) is 21.3 Å². The average Bonchev–Trinajstić information content (AvgIpc) is 2.94. The highest BCUT2D eigenvalue weighted by Gasteiger charge is 2.14. The van der Waals surface area contributed by atoms with Crippen molar-refractivity contribution in [2.45, 2.75) is 0 Å². The fraction of sp³-hybridized carbons (Fsp3) is 0. The molecule has 1 N–H and O–H groups in total. The van der Waals surface area contributed by atoms with Gasteiger partial charge < -0.3 is 5.11 Å². The summed E-state index contributed by atoms with van der Waals surface area (Å²) in [6.45, 7) is 0. The van der Waals surface area contributed by atoms with Gasteiger partial charge in [-0.15, -0.1) is 0 Å². The number of carboxylic acids is 1. The van der Waals surface area contributed by atoms with Gasteiger partial charge in [0, 0.05) is 11.2 Å². The molecule has 0 aliphatic rings. The van der Waals surface area contributed by atoms with Gasteiger partial charge in [-0.1, -0.05) is 52.7 Å². The molecule has 0 aliphatic carbocycles. The highest BCUT2D eigenvalue weighted by atomic mass is 35.5. The Hall–Kier alpha value is -2.15. The van der Waals surface area contributed by atoms with E-state index in [9.17, 15) is 9.59 Å². The number of rotatable bonds is 3. The van der Waals surface area contributed by atoms with Crippen LogP contribution in [0.15, 0.2) is 35.3 Å². The molecule has 2 heterocycles. The first-order chi connectivity index (χ1) is 11.0. The number of thiazole rings is 1. The van der Waals surface area contributed by atoms with Crippen molar-refractivity contribution in [2.75, 3.05) is 0 Å². The minimum Gasteiger partial charge on any atom is -0.477 e. The lowest BCUT2D eigenvalue weighted by Gasteiger charge is -1.99. The van der Waals surface area contributed by atoms with Crippen LogP contribution in [0.1, 0.15) is 20.9 Å². The number of carboxylic acid groups (broad SMARTS) is 1. The molecule has 0 saturated heterocycles. The van der Waals surface area contributed by atoms with E-state index in [1.54, 1.807) is 30.4 Å². The molecule has 0 fully saturated rings. The van der Waals surface area contributed by atoms with Crippen LogP contribution >= 0.6 is 34.5 Å². The molecule has 0 atom stereocenters. The molecular weight excluding hydrogens is 359 g/mol. The second-order valence-electron chi connectivity index (χ2n) is 4.56. The summed E-state index contributed by atoms with van der Waals surface area (Å²) >= 11 is 12.9. The Labute approximate surface area is 144 Å². The summed E-state index contributed by atoms with van der Waals surface area (Å²) < 4.78 is 1.13. The second kappa shape index (κ2) is 6.16. The fourth-order valence-corrected chi connectivity index (χ4v) is 3.15. The van der Waals surface area contributed by atoms with Crippen LogP contribution in [0.4, 0.5) is 0 Å². The van der Waals surface area contributed by atoms with Crippen molar-refractivity contribution in [1.29, 1.82) is 0 Å². The molecule has 0 amide bonds. The smallest absolute Gasteiger partial charge is 0.347 e. The molecule has 3 aromatic rings. The molecule has 0 aliphatic heterocycles. The van der Waals surface area contributed by atoms with Crippen LogP contribution in [0.5, 0.6) is 0 Å². The molecule has 5 nitrogen and oxygen atoms in total. The van der Waals surface area contributed by atoms with E-state index in [0.29, 0.717) is 5.02 Å². The highest BCUT2D eigenvalue weighted by Crippen LogP contribution is 2.20. The van der Waals surface area contributed by atoms with E-state index >= 15 is 0 Å². The number of hydrogen-bond acceptors (Lipinski definition) is 4. The molecule has 23 heavy (non-hydrogen) atoms. The monoisotopic (exact) mass is 366 g/mol. The topological polar surface area (TPSA) is 71.7 Å². The molecule has 1 aromatic carbocycles. The van der Waals surface area contributed by atoms with E-state index in [4.69, 9.17) is 28.3 Å². The van der Waals surface area contributed by atoms with Crippen LogP contribution in [0.2, 0.25) is 10.0 Å². The lowest BCUT2D eigenvalue weighted by Crippen LogP contribution is -2.14. The molecule has 8 heteroatoms. The molecular formula is C15H8Cl2N2O3S. The van der Waals surface area contributed by atoms with Crippen LogP contribution in [-0.4, -0.2) is 20.5 Å². The number of nitrogens with zero attached hydrogens (tertiary/aromatic N) is 2. The zero-order chi connectivity index (χ0) is 16.6. The third kappa shape index (κ3) is 3.14. The zero-order valence-corrected chi connectivity index (χ0v) is 13.7. The first kappa shape index (κ1) is 15.7. The van der Waals surface area contributed by atoms with Gasteiger partial charge in [-0.2, -0.15) is 0 Å². The van der Waals surface area contributed by atoms with Crippen molar-refractivity contribution in [3.63, 3.8) is 0 Å². The number of hydrogen-bond donors (Lipinski definition) is 1. The Morgan fingerprint density at radius 2 is 2.09 bits per heavy atom. The van der Waals surface area contributed by atoms with Gasteiger partial charge in [0.15, 0.2) is 4.96 Å². The third-order valence-corrected chi connectivity index (χ3v) is 4.56. The lowest BCUT2D eigenvalue weighted by molar-refractivity contribution is 0.0702. The quantitative estimate of drug-likeness (QED) is 0.761. The summed E-state index contributed by atoms with van der Waals surface area (Å²) in [6, 6.07) is 7.15. The molecule has 0 unspecified atom stereocenters. The summed E-state index contributed by atoms with van der Waals surface area (Å²) in [4.78, 5) is 27.7. The van der Waals surface area contributed by atoms with Crippen molar-refractivity contribution in [2.24, 2.45) is 0 Å². The number of fused-ring (bicyclic) bond motifs is 1. The maximum absolute atomic E-state index is 12.2. The van der Waals surface area contributed by atoms with Crippen LogP contribution in [0.25, 0.3) is 17.1 Å². The largest absolute Gasteiger partial charge is 0.477 e. The van der Waals surface area contributed by atoms with Crippen molar-refractivity contribution in [1.82, 2.24) is 9.38 Å². The molecule has 0 radical (unpaired) electrons. The Balaban J connectivity index is 2.09. The molecule has 116 valence electrons. The van der Waals surface area contributed by atoms with Gasteiger partial charge >= 0.3 is 5.97 Å². The van der Waals surface area contributed by atoms with E-state index < -0.39 is 11.5 Å². The first-order valence-corrected chi connectivity index (χ1v) is 7.91. The maximum Gasteiger partial charge on any atom is 0.347 e. The van der Waals surface area contributed by atoms with Gasteiger partial charge in [-0.05, 0) is 23.8 Å². The van der Waals surface area contributed by atoms with Gasteiger partial charge in [0.2, 0.25) is 0 Å². The number of halogens is 2. The summed E-state index contributed by atoms with van der Waals surface area (Å²) in [7, 11) is 0. The molecule has 3 rings (SSSR count). The minimum atomic E-state index is -1.12. The summed E-state index contributed by atoms with van der Waals surface area (Å²) in [5.41, 5.74) is 0.592. The zero-order valence-electron chi connectivity index (χ0n) is 11.4. The normalized spacial score (nSPS) is 11.4. The second-order valence-corrected chi connectivity index (χ2v) is 6.38.